The fraction of sp³-hybridized carbons (Fsp3) is 0.118. The van der Waals surface area contributed by atoms with Crippen molar-refractivity contribution in [1.82, 2.24) is 0 Å². The van der Waals surface area contributed by atoms with E-state index in [1.807, 2.05) is 19.2 Å². The molecule has 0 fully saturated rings. The highest BCUT2D eigenvalue weighted by Gasteiger charge is 2.16. The fourth-order valence-corrected chi connectivity index (χ4v) is 2.29. The molecule has 0 aromatic heterocycles. The second-order valence-electron chi connectivity index (χ2n) is 5.36. The van der Waals surface area contributed by atoms with Crippen LogP contribution < -0.4 is 22.2 Å². The number of benzene rings is 2. The third kappa shape index (κ3) is 3.52. The highest BCUT2D eigenvalue weighted by atomic mass is 15.4. The molecule has 0 radical (unpaired) electrons. The molecule has 6 N–H and O–H groups in total. The number of anilines is 2. The number of nitrogens with one attached hydrogen (secondary N) is 2. The average molecular weight is 321 g/mol. The molecular weight excluding hydrogens is 302 g/mol. The first-order chi connectivity index (χ1) is 11.7. The van der Waals surface area contributed by atoms with E-state index in [1.165, 1.54) is 11.1 Å². The van der Waals surface area contributed by atoms with Crippen LogP contribution >= 0.6 is 0 Å². The van der Waals surface area contributed by atoms with Gasteiger partial charge in [0.2, 0.25) is 0 Å². The lowest BCUT2D eigenvalue weighted by molar-refractivity contribution is 1.19. The smallest absolute Gasteiger partial charge is 0.177 e. The van der Waals surface area contributed by atoms with Crippen LogP contribution in [0.2, 0.25) is 0 Å². The minimum absolute atomic E-state index is 0.210. The van der Waals surface area contributed by atoms with E-state index in [0.29, 0.717) is 5.71 Å². The van der Waals surface area contributed by atoms with Gasteiger partial charge in [0.05, 0.1) is 5.69 Å². The lowest BCUT2D eigenvalue weighted by Gasteiger charge is -2.06. The third-order valence-electron chi connectivity index (χ3n) is 3.65. The minimum atomic E-state index is 0.210. The molecule has 7 heteroatoms. The summed E-state index contributed by atoms with van der Waals surface area (Å²) in [4.78, 5) is 0. The molecule has 0 bridgehead atoms. The average Bonchev–Trinajstić information content (AvgIpc) is 2.93. The third-order valence-corrected chi connectivity index (χ3v) is 3.65. The highest BCUT2D eigenvalue weighted by Crippen LogP contribution is 2.15. The number of amidine groups is 2. The zero-order valence-electron chi connectivity index (χ0n) is 13.3. The zero-order valence-corrected chi connectivity index (χ0v) is 13.3. The van der Waals surface area contributed by atoms with Gasteiger partial charge < -0.3 is 16.8 Å². The largest absolute Gasteiger partial charge is 0.388 e. The van der Waals surface area contributed by atoms with Gasteiger partial charge >= 0.3 is 0 Å². The van der Waals surface area contributed by atoms with Crippen LogP contribution in [0, 0.1) is 0 Å². The molecule has 1 heterocycles. The summed E-state index contributed by atoms with van der Waals surface area (Å²) < 4.78 is 0. The first kappa shape index (κ1) is 15.5. The van der Waals surface area contributed by atoms with E-state index in [1.54, 1.807) is 0 Å². The number of hydrazone groups is 1. The summed E-state index contributed by atoms with van der Waals surface area (Å²) in [5.74, 6) is 0.420. The second kappa shape index (κ2) is 6.82. The van der Waals surface area contributed by atoms with E-state index in [-0.39, 0.29) is 11.7 Å². The highest BCUT2D eigenvalue weighted by molar-refractivity contribution is 6.68. The Hall–Kier alpha value is -3.35. The van der Waals surface area contributed by atoms with Gasteiger partial charge in [-0.15, -0.1) is 10.2 Å². The lowest BCUT2D eigenvalue weighted by atomic mass is 10.0. The molecule has 0 aliphatic carbocycles. The number of nitrogens with two attached hydrogens (primary N) is 2. The van der Waals surface area contributed by atoms with Crippen molar-refractivity contribution in [1.29, 1.82) is 0 Å². The summed E-state index contributed by atoms with van der Waals surface area (Å²) in [6.45, 7) is 0. The quantitative estimate of drug-likeness (QED) is 0.628. The van der Waals surface area contributed by atoms with Crippen LogP contribution in [0.25, 0.3) is 0 Å². The van der Waals surface area contributed by atoms with Gasteiger partial charge in [0.1, 0.15) is 0 Å². The molecule has 2 aromatic carbocycles. The monoisotopic (exact) mass is 321 g/mol. The molecule has 7 nitrogen and oxygen atoms in total. The molecule has 0 atom stereocenters. The molecule has 0 unspecified atom stereocenters. The van der Waals surface area contributed by atoms with Crippen molar-refractivity contribution in [3.63, 3.8) is 0 Å². The standard InChI is InChI=1S/C17H19N7/c1-20-13-6-2-11(3-7-13)10-12-4-8-14(9-5-12)21-22-15-16(18)23-24-17(15)19/h2-9,20-21H,10H2,1H3,(H4,18,19,22,23,24). The van der Waals surface area contributed by atoms with Gasteiger partial charge in [-0.1, -0.05) is 24.3 Å². The van der Waals surface area contributed by atoms with E-state index in [4.69, 9.17) is 11.5 Å². The molecule has 122 valence electrons. The Kier molecular flexibility index (Phi) is 4.42. The first-order valence-corrected chi connectivity index (χ1v) is 7.52. The Morgan fingerprint density at radius 2 is 1.33 bits per heavy atom. The van der Waals surface area contributed by atoms with Crippen molar-refractivity contribution in [3.05, 3.63) is 59.7 Å². The maximum Gasteiger partial charge on any atom is 0.177 e. The fourth-order valence-electron chi connectivity index (χ4n) is 2.29. The molecular formula is C17H19N7. The Balaban J connectivity index is 1.64. The summed E-state index contributed by atoms with van der Waals surface area (Å²) >= 11 is 0. The predicted molar refractivity (Wildman–Crippen MR) is 99.5 cm³/mol. The molecule has 0 spiro atoms. The van der Waals surface area contributed by atoms with Crippen LogP contribution in [0.5, 0.6) is 0 Å². The van der Waals surface area contributed by atoms with Crippen LogP contribution in [-0.2, 0) is 6.42 Å². The van der Waals surface area contributed by atoms with E-state index in [9.17, 15) is 0 Å². The van der Waals surface area contributed by atoms with Crippen molar-refractivity contribution in [2.45, 2.75) is 6.42 Å². The van der Waals surface area contributed by atoms with Crippen molar-refractivity contribution in [2.24, 2.45) is 26.8 Å². The number of nitrogens with zero attached hydrogens (tertiary/aromatic N) is 3. The van der Waals surface area contributed by atoms with Gasteiger partial charge in [0.15, 0.2) is 17.4 Å². The van der Waals surface area contributed by atoms with E-state index in [0.717, 1.165) is 17.8 Å². The normalized spacial score (nSPS) is 13.3. The summed E-state index contributed by atoms with van der Waals surface area (Å²) in [6.07, 6.45) is 0.873. The van der Waals surface area contributed by atoms with E-state index in [2.05, 4.69) is 62.4 Å². The number of rotatable bonds is 5. The van der Waals surface area contributed by atoms with E-state index < -0.39 is 0 Å². The van der Waals surface area contributed by atoms with Gasteiger partial charge in [-0.25, -0.2) is 0 Å². The van der Waals surface area contributed by atoms with E-state index >= 15 is 0 Å². The summed E-state index contributed by atoms with van der Waals surface area (Å²) in [7, 11) is 1.91. The molecule has 0 saturated heterocycles. The molecule has 3 rings (SSSR count). The van der Waals surface area contributed by atoms with Gasteiger partial charge in [-0.3, -0.25) is 5.43 Å². The maximum atomic E-state index is 5.64. The summed E-state index contributed by atoms with van der Waals surface area (Å²) in [5.41, 5.74) is 19.0. The Morgan fingerprint density at radius 3 is 1.83 bits per heavy atom. The first-order valence-electron chi connectivity index (χ1n) is 7.52. The van der Waals surface area contributed by atoms with Crippen LogP contribution in [0.15, 0.2) is 63.8 Å². The Morgan fingerprint density at radius 1 is 0.833 bits per heavy atom. The van der Waals surface area contributed by atoms with Crippen LogP contribution in [0.3, 0.4) is 0 Å². The van der Waals surface area contributed by atoms with Gasteiger partial charge in [0, 0.05) is 12.7 Å². The minimum Gasteiger partial charge on any atom is -0.388 e. The maximum absolute atomic E-state index is 5.64. The summed E-state index contributed by atoms with van der Waals surface area (Å²) in [5, 5.41) is 14.6. The van der Waals surface area contributed by atoms with Crippen molar-refractivity contribution in [2.75, 3.05) is 17.8 Å². The molecule has 2 aromatic rings. The second-order valence-corrected chi connectivity index (χ2v) is 5.36. The Labute approximate surface area is 140 Å². The van der Waals surface area contributed by atoms with Crippen LogP contribution in [0.4, 0.5) is 11.4 Å². The van der Waals surface area contributed by atoms with Crippen molar-refractivity contribution >= 4 is 28.8 Å². The number of hydrogen-bond donors (Lipinski definition) is 4. The van der Waals surface area contributed by atoms with Crippen molar-refractivity contribution < 1.29 is 0 Å². The number of hydrogen-bond acceptors (Lipinski definition) is 7. The topological polar surface area (TPSA) is 113 Å². The van der Waals surface area contributed by atoms with Gasteiger partial charge in [0.25, 0.3) is 0 Å². The zero-order chi connectivity index (χ0) is 16.9. The predicted octanol–water partition coefficient (Wildman–Crippen LogP) is 1.73. The van der Waals surface area contributed by atoms with Crippen molar-refractivity contribution in [3.8, 4) is 0 Å². The molecule has 0 saturated carbocycles. The Bertz CT molecular complexity index is 782. The SMILES string of the molecule is CNc1ccc(Cc2ccc(NN=C3C(N)=NN=C3N)cc2)cc1. The van der Waals surface area contributed by atoms with Crippen LogP contribution in [0.1, 0.15) is 11.1 Å². The van der Waals surface area contributed by atoms with Gasteiger partial charge in [-0.2, -0.15) is 5.10 Å². The van der Waals surface area contributed by atoms with Crippen LogP contribution in [-0.4, -0.2) is 24.4 Å². The lowest BCUT2D eigenvalue weighted by Crippen LogP contribution is -2.32. The molecule has 0 amide bonds. The summed E-state index contributed by atoms with van der Waals surface area (Å²) in [6, 6.07) is 16.4. The molecule has 24 heavy (non-hydrogen) atoms. The molecule has 1 aliphatic heterocycles. The van der Waals surface area contributed by atoms with Gasteiger partial charge in [-0.05, 0) is 41.8 Å². The molecule has 1 aliphatic rings.